The maximum Gasteiger partial charge on any atom is 0.0625 e. The second-order valence-electron chi connectivity index (χ2n) is 4.99. The molecule has 3 heteroatoms. The number of aryl methyl sites for hydroxylation is 1. The van der Waals surface area contributed by atoms with Crippen LogP contribution in [0.4, 0.5) is 0 Å². The highest BCUT2D eigenvalue weighted by Crippen LogP contribution is 2.12. The molecule has 2 N–H and O–H groups in total. The molecule has 0 spiro atoms. The normalized spacial score (nSPS) is 15.4. The van der Waals surface area contributed by atoms with E-state index in [2.05, 4.69) is 49.7 Å². The summed E-state index contributed by atoms with van der Waals surface area (Å²) in [6.07, 6.45) is 5.20. The van der Waals surface area contributed by atoms with E-state index in [4.69, 9.17) is 5.73 Å². The third-order valence-corrected chi connectivity index (χ3v) is 3.30. The van der Waals surface area contributed by atoms with Crippen molar-refractivity contribution in [2.75, 3.05) is 0 Å². The molecule has 0 saturated heterocycles. The Morgan fingerprint density at radius 3 is 2.62 bits per heavy atom. The third kappa shape index (κ3) is 3.63. The van der Waals surface area contributed by atoms with Crippen molar-refractivity contribution in [2.24, 2.45) is 11.7 Å². The molecule has 2 atom stereocenters. The van der Waals surface area contributed by atoms with Crippen molar-refractivity contribution in [3.8, 4) is 0 Å². The largest absolute Gasteiger partial charge is 0.327 e. The summed E-state index contributed by atoms with van der Waals surface area (Å²) in [7, 11) is 0. The molecule has 1 rings (SSSR count). The third-order valence-electron chi connectivity index (χ3n) is 3.30. The zero-order valence-electron chi connectivity index (χ0n) is 11.0. The fraction of sp³-hybridized carbons (Fsp3) is 0.769. The predicted octanol–water partition coefficient (Wildman–Crippen LogP) is 2.77. The van der Waals surface area contributed by atoms with E-state index in [0.717, 1.165) is 25.0 Å². The van der Waals surface area contributed by atoms with Crippen molar-refractivity contribution in [3.05, 3.63) is 18.0 Å². The molecule has 0 fully saturated rings. The molecule has 1 aromatic heterocycles. The van der Waals surface area contributed by atoms with Crippen LogP contribution in [0.3, 0.4) is 0 Å². The highest BCUT2D eigenvalue weighted by atomic mass is 15.3. The molecule has 0 aromatic carbocycles. The summed E-state index contributed by atoms with van der Waals surface area (Å²) in [5.41, 5.74) is 7.19. The lowest BCUT2D eigenvalue weighted by Crippen LogP contribution is -2.26. The van der Waals surface area contributed by atoms with Gasteiger partial charge in [-0.3, -0.25) is 4.68 Å². The standard InChI is InChI=1S/C13H25N3/c1-5-11(4)16-9-8-12(15-16)6-7-13(14)10(2)3/h8-11,13H,5-7,14H2,1-4H3. The summed E-state index contributed by atoms with van der Waals surface area (Å²) in [5, 5.41) is 4.57. The van der Waals surface area contributed by atoms with Crippen molar-refractivity contribution in [1.29, 1.82) is 0 Å². The van der Waals surface area contributed by atoms with E-state index in [1.807, 2.05) is 0 Å². The van der Waals surface area contributed by atoms with Crippen molar-refractivity contribution in [2.45, 2.75) is 59.0 Å². The summed E-state index contributed by atoms with van der Waals surface area (Å²) in [6, 6.07) is 2.89. The van der Waals surface area contributed by atoms with Gasteiger partial charge >= 0.3 is 0 Å². The molecule has 16 heavy (non-hydrogen) atoms. The van der Waals surface area contributed by atoms with Crippen LogP contribution in [0.5, 0.6) is 0 Å². The highest BCUT2D eigenvalue weighted by Gasteiger charge is 2.09. The van der Waals surface area contributed by atoms with E-state index in [-0.39, 0.29) is 6.04 Å². The number of hydrogen-bond donors (Lipinski definition) is 1. The van der Waals surface area contributed by atoms with Gasteiger partial charge in [-0.15, -0.1) is 0 Å². The van der Waals surface area contributed by atoms with Crippen LogP contribution in [0.1, 0.15) is 52.3 Å². The fourth-order valence-corrected chi connectivity index (χ4v) is 1.59. The lowest BCUT2D eigenvalue weighted by Gasteiger charge is -2.14. The highest BCUT2D eigenvalue weighted by molar-refractivity contribution is 5.00. The molecule has 0 saturated carbocycles. The van der Waals surface area contributed by atoms with E-state index in [0.29, 0.717) is 12.0 Å². The monoisotopic (exact) mass is 223 g/mol. The summed E-state index contributed by atoms with van der Waals surface area (Å²) in [6.45, 7) is 8.71. The fourth-order valence-electron chi connectivity index (χ4n) is 1.59. The van der Waals surface area contributed by atoms with Crippen molar-refractivity contribution in [3.63, 3.8) is 0 Å². The van der Waals surface area contributed by atoms with Gasteiger partial charge in [0.15, 0.2) is 0 Å². The van der Waals surface area contributed by atoms with Crippen LogP contribution in [0.15, 0.2) is 12.3 Å². The van der Waals surface area contributed by atoms with Gasteiger partial charge < -0.3 is 5.73 Å². The van der Waals surface area contributed by atoms with Crippen LogP contribution in [-0.2, 0) is 6.42 Å². The number of hydrogen-bond acceptors (Lipinski definition) is 2. The van der Waals surface area contributed by atoms with E-state index >= 15 is 0 Å². The number of rotatable bonds is 6. The lowest BCUT2D eigenvalue weighted by atomic mass is 10.00. The first kappa shape index (κ1) is 13.2. The molecule has 2 unspecified atom stereocenters. The predicted molar refractivity (Wildman–Crippen MR) is 68.4 cm³/mol. The van der Waals surface area contributed by atoms with Gasteiger partial charge in [0.2, 0.25) is 0 Å². The molecule has 3 nitrogen and oxygen atoms in total. The van der Waals surface area contributed by atoms with E-state index in [1.54, 1.807) is 0 Å². The Kier molecular flexibility index (Phi) is 5.00. The van der Waals surface area contributed by atoms with Crippen molar-refractivity contribution < 1.29 is 0 Å². The number of aromatic nitrogens is 2. The molecule has 0 radical (unpaired) electrons. The summed E-state index contributed by atoms with van der Waals surface area (Å²) < 4.78 is 2.05. The van der Waals surface area contributed by atoms with E-state index < -0.39 is 0 Å². The van der Waals surface area contributed by atoms with Gasteiger partial charge in [-0.2, -0.15) is 5.10 Å². The minimum absolute atomic E-state index is 0.286. The summed E-state index contributed by atoms with van der Waals surface area (Å²) in [4.78, 5) is 0. The van der Waals surface area contributed by atoms with Crippen LogP contribution >= 0.6 is 0 Å². The molecule has 0 aliphatic carbocycles. The average molecular weight is 223 g/mol. The summed E-state index contributed by atoms with van der Waals surface area (Å²) >= 11 is 0. The van der Waals surface area contributed by atoms with Crippen molar-refractivity contribution in [1.82, 2.24) is 9.78 Å². The first-order valence-electron chi connectivity index (χ1n) is 6.34. The number of nitrogens with two attached hydrogens (primary N) is 1. The Balaban J connectivity index is 2.46. The van der Waals surface area contributed by atoms with Gasteiger partial charge in [0, 0.05) is 18.3 Å². The van der Waals surface area contributed by atoms with Crippen molar-refractivity contribution >= 4 is 0 Å². The molecule has 0 amide bonds. The second kappa shape index (κ2) is 6.04. The van der Waals surface area contributed by atoms with Crippen LogP contribution in [0.25, 0.3) is 0 Å². The molecule has 1 heterocycles. The Bertz CT molecular complexity index is 304. The molecular weight excluding hydrogens is 198 g/mol. The van der Waals surface area contributed by atoms with Gasteiger partial charge in [0.1, 0.15) is 0 Å². The molecular formula is C13H25N3. The lowest BCUT2D eigenvalue weighted by molar-refractivity contribution is 0.452. The quantitative estimate of drug-likeness (QED) is 0.806. The SMILES string of the molecule is CCC(C)n1ccc(CCC(N)C(C)C)n1. The second-order valence-corrected chi connectivity index (χ2v) is 4.99. The number of nitrogens with zero attached hydrogens (tertiary/aromatic N) is 2. The van der Waals surface area contributed by atoms with Crippen LogP contribution < -0.4 is 5.73 Å². The molecule has 0 aliphatic heterocycles. The van der Waals surface area contributed by atoms with Crippen LogP contribution in [0, 0.1) is 5.92 Å². The van der Waals surface area contributed by atoms with E-state index in [9.17, 15) is 0 Å². The Morgan fingerprint density at radius 1 is 1.38 bits per heavy atom. The molecule has 1 aromatic rings. The topological polar surface area (TPSA) is 43.8 Å². The Labute approximate surface area is 99.0 Å². The first-order valence-corrected chi connectivity index (χ1v) is 6.34. The van der Waals surface area contributed by atoms with Gasteiger partial charge in [-0.05, 0) is 38.2 Å². The maximum absolute atomic E-state index is 6.02. The maximum atomic E-state index is 6.02. The van der Waals surface area contributed by atoms with E-state index in [1.165, 1.54) is 0 Å². The van der Waals surface area contributed by atoms with Gasteiger partial charge in [-0.1, -0.05) is 20.8 Å². The van der Waals surface area contributed by atoms with Crippen LogP contribution in [0.2, 0.25) is 0 Å². The summed E-state index contributed by atoms with van der Waals surface area (Å²) in [5.74, 6) is 0.552. The minimum Gasteiger partial charge on any atom is -0.327 e. The molecule has 92 valence electrons. The minimum atomic E-state index is 0.286. The first-order chi connectivity index (χ1) is 7.54. The average Bonchev–Trinajstić information content (AvgIpc) is 2.73. The molecule has 0 aliphatic rings. The molecule has 0 bridgehead atoms. The Morgan fingerprint density at radius 2 is 2.06 bits per heavy atom. The van der Waals surface area contributed by atoms with Gasteiger partial charge in [-0.25, -0.2) is 0 Å². The van der Waals surface area contributed by atoms with Crippen LogP contribution in [-0.4, -0.2) is 15.8 Å². The van der Waals surface area contributed by atoms with Gasteiger partial charge in [0.05, 0.1) is 5.69 Å². The zero-order chi connectivity index (χ0) is 12.1. The van der Waals surface area contributed by atoms with Gasteiger partial charge in [0.25, 0.3) is 0 Å². The zero-order valence-corrected chi connectivity index (χ0v) is 11.0. The Hall–Kier alpha value is -0.830. The smallest absolute Gasteiger partial charge is 0.0625 e.